The first-order chi connectivity index (χ1) is 10.1. The van der Waals surface area contributed by atoms with Crippen LogP contribution in [0.2, 0.25) is 0 Å². The summed E-state index contributed by atoms with van der Waals surface area (Å²) in [7, 11) is 0. The lowest BCUT2D eigenvalue weighted by atomic mass is 9.79. The Morgan fingerprint density at radius 1 is 1.14 bits per heavy atom. The monoisotopic (exact) mass is 307 g/mol. The van der Waals surface area contributed by atoms with Crippen molar-refractivity contribution in [2.45, 2.75) is 49.3 Å². The minimum atomic E-state index is 0.304. The minimum absolute atomic E-state index is 0.304. The SMILES string of the molecule is CC(C)C1CCC(N)C(Sc2ccc3c(c2)OCCO3)C1. The van der Waals surface area contributed by atoms with E-state index in [2.05, 4.69) is 26.0 Å². The van der Waals surface area contributed by atoms with Crippen LogP contribution in [-0.4, -0.2) is 24.5 Å². The maximum atomic E-state index is 6.35. The van der Waals surface area contributed by atoms with Crippen LogP contribution < -0.4 is 15.2 Å². The molecule has 116 valence electrons. The molecule has 3 rings (SSSR count). The van der Waals surface area contributed by atoms with Gasteiger partial charge in [0.2, 0.25) is 0 Å². The lowest BCUT2D eigenvalue weighted by molar-refractivity contribution is 0.171. The molecule has 4 heteroatoms. The molecular formula is C17H25NO2S. The van der Waals surface area contributed by atoms with Crippen LogP contribution in [0.5, 0.6) is 11.5 Å². The molecule has 0 amide bonds. The van der Waals surface area contributed by atoms with Gasteiger partial charge in [0, 0.05) is 16.2 Å². The van der Waals surface area contributed by atoms with Crippen LogP contribution in [0.3, 0.4) is 0 Å². The summed E-state index contributed by atoms with van der Waals surface area (Å²) < 4.78 is 11.2. The quantitative estimate of drug-likeness (QED) is 0.924. The highest BCUT2D eigenvalue weighted by atomic mass is 32.2. The third-order valence-corrected chi connectivity index (χ3v) is 6.00. The number of hydrogen-bond acceptors (Lipinski definition) is 4. The van der Waals surface area contributed by atoms with Gasteiger partial charge in [0.25, 0.3) is 0 Å². The number of fused-ring (bicyclic) bond motifs is 1. The molecule has 2 aliphatic rings. The number of thioether (sulfide) groups is 1. The first-order valence-corrected chi connectivity index (χ1v) is 8.83. The standard InChI is InChI=1S/C17H25NO2S/c1-11(2)12-3-5-14(18)17(9-12)21-13-4-6-15-16(10-13)20-8-7-19-15/h4,6,10-12,14,17H,3,5,7-9,18H2,1-2H3. The second-order valence-corrected chi connectivity index (χ2v) is 7.76. The summed E-state index contributed by atoms with van der Waals surface area (Å²) in [6.07, 6.45) is 3.64. The van der Waals surface area contributed by atoms with Crippen molar-refractivity contribution in [2.24, 2.45) is 17.6 Å². The average molecular weight is 307 g/mol. The van der Waals surface area contributed by atoms with Crippen molar-refractivity contribution in [2.75, 3.05) is 13.2 Å². The Labute approximate surface area is 131 Å². The fraction of sp³-hybridized carbons (Fsp3) is 0.647. The van der Waals surface area contributed by atoms with Crippen LogP contribution >= 0.6 is 11.8 Å². The molecular weight excluding hydrogens is 282 g/mol. The molecule has 0 saturated heterocycles. The third kappa shape index (κ3) is 3.49. The molecule has 1 fully saturated rings. The van der Waals surface area contributed by atoms with E-state index >= 15 is 0 Å². The molecule has 1 aliphatic carbocycles. The fourth-order valence-corrected chi connectivity index (χ4v) is 4.52. The normalized spacial score (nSPS) is 28.7. The highest BCUT2D eigenvalue weighted by Crippen LogP contribution is 2.41. The molecule has 0 aromatic heterocycles. The van der Waals surface area contributed by atoms with Crippen molar-refractivity contribution in [1.29, 1.82) is 0 Å². The van der Waals surface area contributed by atoms with Gasteiger partial charge in [-0.25, -0.2) is 0 Å². The van der Waals surface area contributed by atoms with Gasteiger partial charge in [-0.2, -0.15) is 0 Å². The predicted molar refractivity (Wildman–Crippen MR) is 87.2 cm³/mol. The van der Waals surface area contributed by atoms with Crippen molar-refractivity contribution in [3.05, 3.63) is 18.2 Å². The molecule has 0 spiro atoms. The molecule has 3 nitrogen and oxygen atoms in total. The van der Waals surface area contributed by atoms with Gasteiger partial charge < -0.3 is 15.2 Å². The van der Waals surface area contributed by atoms with Crippen molar-refractivity contribution < 1.29 is 9.47 Å². The highest BCUT2D eigenvalue weighted by Gasteiger charge is 2.30. The lowest BCUT2D eigenvalue weighted by Crippen LogP contribution is -2.39. The van der Waals surface area contributed by atoms with Crippen LogP contribution in [0.4, 0.5) is 0 Å². The molecule has 1 aromatic rings. The molecule has 3 atom stereocenters. The molecule has 2 N–H and O–H groups in total. The summed E-state index contributed by atoms with van der Waals surface area (Å²) >= 11 is 1.91. The van der Waals surface area contributed by atoms with Crippen molar-refractivity contribution in [1.82, 2.24) is 0 Å². The highest BCUT2D eigenvalue weighted by molar-refractivity contribution is 8.00. The number of benzene rings is 1. The Balaban J connectivity index is 1.70. The second kappa shape index (κ2) is 6.49. The van der Waals surface area contributed by atoms with Gasteiger partial charge in [-0.1, -0.05) is 13.8 Å². The van der Waals surface area contributed by atoms with E-state index in [4.69, 9.17) is 15.2 Å². The smallest absolute Gasteiger partial charge is 0.162 e. The van der Waals surface area contributed by atoms with Gasteiger partial charge in [0.05, 0.1) is 0 Å². The van der Waals surface area contributed by atoms with E-state index in [1.807, 2.05) is 17.8 Å². The molecule has 1 saturated carbocycles. The summed E-state index contributed by atoms with van der Waals surface area (Å²) in [6.45, 7) is 5.93. The molecule has 0 radical (unpaired) electrons. The first kappa shape index (κ1) is 15.0. The number of hydrogen-bond donors (Lipinski definition) is 1. The number of nitrogens with two attached hydrogens (primary N) is 1. The largest absolute Gasteiger partial charge is 0.486 e. The van der Waals surface area contributed by atoms with E-state index in [1.54, 1.807) is 0 Å². The zero-order chi connectivity index (χ0) is 14.8. The van der Waals surface area contributed by atoms with E-state index < -0.39 is 0 Å². The van der Waals surface area contributed by atoms with Crippen LogP contribution in [0.25, 0.3) is 0 Å². The van der Waals surface area contributed by atoms with Crippen molar-refractivity contribution in [3.8, 4) is 11.5 Å². The molecule has 0 bridgehead atoms. The first-order valence-electron chi connectivity index (χ1n) is 7.95. The summed E-state index contributed by atoms with van der Waals surface area (Å²) in [5.41, 5.74) is 6.35. The topological polar surface area (TPSA) is 44.5 Å². The maximum Gasteiger partial charge on any atom is 0.162 e. The molecule has 3 unspecified atom stereocenters. The van der Waals surface area contributed by atoms with Crippen LogP contribution in [0, 0.1) is 11.8 Å². The van der Waals surface area contributed by atoms with Crippen molar-refractivity contribution in [3.63, 3.8) is 0 Å². The van der Waals surface area contributed by atoms with Gasteiger partial charge in [0.15, 0.2) is 11.5 Å². The second-order valence-electron chi connectivity index (χ2n) is 6.44. The Kier molecular flexibility index (Phi) is 4.65. The predicted octanol–water partition coefficient (Wildman–Crippen LogP) is 3.70. The van der Waals surface area contributed by atoms with Gasteiger partial charge in [-0.15, -0.1) is 11.8 Å². The number of ether oxygens (including phenoxy) is 2. The van der Waals surface area contributed by atoms with Crippen LogP contribution in [0.1, 0.15) is 33.1 Å². The summed E-state index contributed by atoms with van der Waals surface area (Å²) in [6, 6.07) is 6.55. The Hall–Kier alpha value is -0.870. The molecule has 1 heterocycles. The number of rotatable bonds is 3. The van der Waals surface area contributed by atoms with Crippen molar-refractivity contribution >= 4 is 11.8 Å². The van der Waals surface area contributed by atoms with E-state index in [-0.39, 0.29) is 0 Å². The van der Waals surface area contributed by atoms with Crippen LogP contribution in [-0.2, 0) is 0 Å². The average Bonchev–Trinajstić information content (AvgIpc) is 2.49. The minimum Gasteiger partial charge on any atom is -0.486 e. The Morgan fingerprint density at radius 2 is 1.90 bits per heavy atom. The zero-order valence-electron chi connectivity index (χ0n) is 12.9. The summed E-state index contributed by atoms with van der Waals surface area (Å²) in [5.74, 6) is 3.29. The van der Waals surface area contributed by atoms with Gasteiger partial charge in [-0.05, 0) is 49.3 Å². The van der Waals surface area contributed by atoms with E-state index in [0.29, 0.717) is 24.5 Å². The molecule has 1 aliphatic heterocycles. The van der Waals surface area contributed by atoms with E-state index in [0.717, 1.165) is 29.8 Å². The van der Waals surface area contributed by atoms with E-state index in [9.17, 15) is 0 Å². The van der Waals surface area contributed by atoms with Gasteiger partial charge >= 0.3 is 0 Å². The fourth-order valence-electron chi connectivity index (χ4n) is 3.20. The Bertz CT molecular complexity index is 492. The third-order valence-electron chi connectivity index (χ3n) is 4.63. The zero-order valence-corrected chi connectivity index (χ0v) is 13.7. The molecule has 1 aromatic carbocycles. The molecule has 21 heavy (non-hydrogen) atoms. The van der Waals surface area contributed by atoms with E-state index in [1.165, 1.54) is 17.7 Å². The Morgan fingerprint density at radius 3 is 2.67 bits per heavy atom. The summed E-state index contributed by atoms with van der Waals surface area (Å²) in [4.78, 5) is 1.24. The summed E-state index contributed by atoms with van der Waals surface area (Å²) in [5, 5.41) is 0.508. The van der Waals surface area contributed by atoms with Gasteiger partial charge in [0.1, 0.15) is 13.2 Å². The maximum absolute atomic E-state index is 6.35. The lowest BCUT2D eigenvalue weighted by Gasteiger charge is -2.35. The van der Waals surface area contributed by atoms with Crippen LogP contribution in [0.15, 0.2) is 23.1 Å². The van der Waals surface area contributed by atoms with Gasteiger partial charge in [-0.3, -0.25) is 0 Å².